The van der Waals surface area contributed by atoms with Crippen LogP contribution in [0.5, 0.6) is 5.75 Å². The standard InChI is InChI=1S/C16H23FN2O/c1-16(13-6-7-13)11-19(9-8-18-16)10-12-4-3-5-14(20-2)15(12)17/h3-5,13,18H,6-11H2,1-2H3. The van der Waals surface area contributed by atoms with Gasteiger partial charge in [-0.3, -0.25) is 4.90 Å². The number of ether oxygens (including phenoxy) is 1. The molecule has 1 aromatic rings. The van der Waals surface area contributed by atoms with Crippen LogP contribution in [-0.4, -0.2) is 37.2 Å². The summed E-state index contributed by atoms with van der Waals surface area (Å²) in [6.45, 7) is 5.91. The number of benzene rings is 1. The van der Waals surface area contributed by atoms with E-state index in [1.165, 1.54) is 20.0 Å². The van der Waals surface area contributed by atoms with Gasteiger partial charge >= 0.3 is 0 Å². The summed E-state index contributed by atoms with van der Waals surface area (Å²) in [6.07, 6.45) is 2.65. The van der Waals surface area contributed by atoms with Gasteiger partial charge in [0.1, 0.15) is 0 Å². The highest BCUT2D eigenvalue weighted by atomic mass is 19.1. The monoisotopic (exact) mass is 278 g/mol. The first-order valence-corrected chi connectivity index (χ1v) is 7.41. The lowest BCUT2D eigenvalue weighted by Crippen LogP contribution is -2.59. The predicted octanol–water partition coefficient (Wildman–Crippen LogP) is 2.41. The molecule has 110 valence electrons. The van der Waals surface area contributed by atoms with Crippen molar-refractivity contribution in [3.8, 4) is 5.75 Å². The first-order valence-electron chi connectivity index (χ1n) is 7.41. The number of hydrogen-bond donors (Lipinski definition) is 1. The molecule has 1 aliphatic heterocycles. The average molecular weight is 278 g/mol. The normalized spacial score (nSPS) is 27.6. The molecule has 0 radical (unpaired) electrons. The van der Waals surface area contributed by atoms with E-state index in [0.717, 1.165) is 31.1 Å². The molecule has 1 N–H and O–H groups in total. The third-order valence-electron chi connectivity index (χ3n) is 4.64. The number of piperazine rings is 1. The van der Waals surface area contributed by atoms with Gasteiger partial charge in [-0.05, 0) is 31.7 Å². The van der Waals surface area contributed by atoms with Gasteiger partial charge in [0.2, 0.25) is 0 Å². The fraction of sp³-hybridized carbons (Fsp3) is 0.625. The maximum absolute atomic E-state index is 14.2. The number of nitrogens with one attached hydrogen (secondary N) is 1. The molecule has 1 atom stereocenters. The van der Waals surface area contributed by atoms with E-state index in [4.69, 9.17) is 4.74 Å². The Bertz CT molecular complexity index is 489. The predicted molar refractivity (Wildman–Crippen MR) is 77.4 cm³/mol. The minimum Gasteiger partial charge on any atom is -0.494 e. The highest BCUT2D eigenvalue weighted by Gasteiger charge is 2.43. The maximum Gasteiger partial charge on any atom is 0.169 e. The summed E-state index contributed by atoms with van der Waals surface area (Å²) in [5, 5.41) is 3.65. The number of methoxy groups -OCH3 is 1. The summed E-state index contributed by atoms with van der Waals surface area (Å²) in [5.74, 6) is 0.907. The van der Waals surface area contributed by atoms with Crippen molar-refractivity contribution in [2.75, 3.05) is 26.7 Å². The molecule has 3 nitrogen and oxygen atoms in total. The van der Waals surface area contributed by atoms with E-state index in [0.29, 0.717) is 12.3 Å². The van der Waals surface area contributed by atoms with Crippen LogP contribution >= 0.6 is 0 Å². The second-order valence-electron chi connectivity index (χ2n) is 6.26. The minimum atomic E-state index is -0.221. The Morgan fingerprint density at radius 3 is 2.95 bits per heavy atom. The van der Waals surface area contributed by atoms with Crippen molar-refractivity contribution in [1.82, 2.24) is 10.2 Å². The molecule has 1 aromatic carbocycles. The van der Waals surface area contributed by atoms with E-state index in [-0.39, 0.29) is 11.4 Å². The first kappa shape index (κ1) is 13.8. The van der Waals surface area contributed by atoms with Gasteiger partial charge in [0.05, 0.1) is 7.11 Å². The minimum absolute atomic E-state index is 0.202. The molecule has 2 fully saturated rings. The van der Waals surface area contributed by atoms with Crippen molar-refractivity contribution in [3.05, 3.63) is 29.6 Å². The molecule has 1 saturated carbocycles. The largest absolute Gasteiger partial charge is 0.494 e. The van der Waals surface area contributed by atoms with E-state index in [1.807, 2.05) is 12.1 Å². The second kappa shape index (κ2) is 5.34. The molecule has 1 unspecified atom stereocenters. The van der Waals surface area contributed by atoms with Gasteiger partial charge in [-0.15, -0.1) is 0 Å². The summed E-state index contributed by atoms with van der Waals surface area (Å²) in [7, 11) is 1.51. The molecule has 3 rings (SSSR count). The van der Waals surface area contributed by atoms with E-state index in [9.17, 15) is 4.39 Å². The zero-order chi connectivity index (χ0) is 14.2. The van der Waals surface area contributed by atoms with Crippen molar-refractivity contribution in [2.24, 2.45) is 5.92 Å². The average Bonchev–Trinajstić information content (AvgIpc) is 3.26. The topological polar surface area (TPSA) is 24.5 Å². The van der Waals surface area contributed by atoms with Crippen molar-refractivity contribution < 1.29 is 9.13 Å². The van der Waals surface area contributed by atoms with E-state index >= 15 is 0 Å². The van der Waals surface area contributed by atoms with Crippen LogP contribution in [0.25, 0.3) is 0 Å². The molecule has 1 saturated heterocycles. The summed E-state index contributed by atoms with van der Waals surface area (Å²) in [5.41, 5.74) is 0.928. The van der Waals surface area contributed by atoms with Crippen molar-refractivity contribution in [2.45, 2.75) is 31.8 Å². The molecule has 0 amide bonds. The third kappa shape index (κ3) is 2.67. The van der Waals surface area contributed by atoms with Gasteiger partial charge in [-0.25, -0.2) is 4.39 Å². The molecule has 1 heterocycles. The van der Waals surface area contributed by atoms with Gasteiger partial charge in [-0.2, -0.15) is 0 Å². The molecule has 0 bridgehead atoms. The Hall–Kier alpha value is -1.13. The number of rotatable bonds is 4. The Balaban J connectivity index is 1.71. The quantitative estimate of drug-likeness (QED) is 0.915. The first-order chi connectivity index (χ1) is 9.62. The van der Waals surface area contributed by atoms with E-state index in [2.05, 4.69) is 17.1 Å². The Kier molecular flexibility index (Phi) is 3.69. The Morgan fingerprint density at radius 1 is 1.45 bits per heavy atom. The van der Waals surface area contributed by atoms with Gasteiger partial charge in [0.25, 0.3) is 0 Å². The van der Waals surface area contributed by atoms with Crippen LogP contribution < -0.4 is 10.1 Å². The van der Waals surface area contributed by atoms with Crippen LogP contribution in [0.3, 0.4) is 0 Å². The zero-order valence-corrected chi connectivity index (χ0v) is 12.3. The molecular weight excluding hydrogens is 255 g/mol. The summed E-state index contributed by atoms with van der Waals surface area (Å²) < 4.78 is 19.3. The zero-order valence-electron chi connectivity index (χ0n) is 12.3. The van der Waals surface area contributed by atoms with Crippen LogP contribution in [0.4, 0.5) is 4.39 Å². The second-order valence-corrected chi connectivity index (χ2v) is 6.26. The van der Waals surface area contributed by atoms with Gasteiger partial charge in [-0.1, -0.05) is 12.1 Å². The summed E-state index contributed by atoms with van der Waals surface area (Å²) in [4.78, 5) is 2.35. The number of halogens is 1. The summed E-state index contributed by atoms with van der Waals surface area (Å²) in [6, 6.07) is 5.39. The van der Waals surface area contributed by atoms with Crippen LogP contribution in [-0.2, 0) is 6.54 Å². The molecular formula is C16H23FN2O. The Morgan fingerprint density at radius 2 is 2.25 bits per heavy atom. The molecule has 4 heteroatoms. The van der Waals surface area contributed by atoms with Gasteiger partial charge < -0.3 is 10.1 Å². The fourth-order valence-electron chi connectivity index (χ4n) is 3.30. The fourth-order valence-corrected chi connectivity index (χ4v) is 3.30. The molecule has 1 aliphatic carbocycles. The maximum atomic E-state index is 14.2. The van der Waals surface area contributed by atoms with E-state index in [1.54, 1.807) is 6.07 Å². The number of hydrogen-bond acceptors (Lipinski definition) is 3. The van der Waals surface area contributed by atoms with Crippen molar-refractivity contribution in [1.29, 1.82) is 0 Å². The van der Waals surface area contributed by atoms with Gasteiger partial charge in [0.15, 0.2) is 11.6 Å². The Labute approximate surface area is 120 Å². The highest BCUT2D eigenvalue weighted by molar-refractivity contribution is 5.31. The molecule has 0 aromatic heterocycles. The van der Waals surface area contributed by atoms with Gasteiger partial charge in [0, 0.05) is 37.3 Å². The smallest absolute Gasteiger partial charge is 0.169 e. The highest BCUT2D eigenvalue weighted by Crippen LogP contribution is 2.41. The lowest BCUT2D eigenvalue weighted by molar-refractivity contribution is 0.120. The van der Waals surface area contributed by atoms with Crippen LogP contribution in [0, 0.1) is 11.7 Å². The van der Waals surface area contributed by atoms with Crippen LogP contribution in [0.15, 0.2) is 18.2 Å². The van der Waals surface area contributed by atoms with Crippen LogP contribution in [0.2, 0.25) is 0 Å². The summed E-state index contributed by atoms with van der Waals surface area (Å²) >= 11 is 0. The lowest BCUT2D eigenvalue weighted by Gasteiger charge is -2.42. The van der Waals surface area contributed by atoms with Crippen molar-refractivity contribution >= 4 is 0 Å². The molecule has 0 spiro atoms. The third-order valence-corrected chi connectivity index (χ3v) is 4.64. The SMILES string of the molecule is COc1cccc(CN2CCNC(C)(C3CC3)C2)c1F. The van der Waals surface area contributed by atoms with E-state index < -0.39 is 0 Å². The van der Waals surface area contributed by atoms with Crippen LogP contribution in [0.1, 0.15) is 25.3 Å². The number of nitrogens with zero attached hydrogens (tertiary/aromatic N) is 1. The molecule has 20 heavy (non-hydrogen) atoms. The molecule has 2 aliphatic rings. The lowest BCUT2D eigenvalue weighted by atomic mass is 9.92. The van der Waals surface area contributed by atoms with Crippen molar-refractivity contribution in [3.63, 3.8) is 0 Å².